The lowest BCUT2D eigenvalue weighted by molar-refractivity contribution is 0.102. The third kappa shape index (κ3) is 4.61. The molecule has 0 aliphatic carbocycles. The van der Waals surface area contributed by atoms with E-state index in [-0.39, 0.29) is 15.4 Å². The Morgan fingerprint density at radius 1 is 0.857 bits per heavy atom. The lowest BCUT2D eigenvalue weighted by Crippen LogP contribution is -2.23. The molecule has 0 saturated heterocycles. The number of carbonyl (C=O) groups is 1. The molecule has 0 aliphatic rings. The zero-order chi connectivity index (χ0) is 21.3. The third-order valence-corrected chi connectivity index (χ3v) is 8.48. The van der Waals surface area contributed by atoms with Crippen molar-refractivity contribution in [2.24, 2.45) is 0 Å². The van der Waals surface area contributed by atoms with E-state index in [0.717, 1.165) is 8.61 Å². The van der Waals surface area contributed by atoms with Gasteiger partial charge in [0.2, 0.25) is 20.0 Å². The molecule has 8 nitrogen and oxygen atoms in total. The number of carbonyl (C=O) groups excluding carboxylic acids is 1. The highest BCUT2D eigenvalue weighted by molar-refractivity contribution is 9.10. The van der Waals surface area contributed by atoms with Gasteiger partial charge in [-0.3, -0.25) is 4.79 Å². The Morgan fingerprint density at radius 3 is 1.89 bits per heavy atom. The molecule has 1 amide bonds. The fourth-order valence-corrected chi connectivity index (χ4v) is 4.91. The van der Waals surface area contributed by atoms with Gasteiger partial charge in [0.1, 0.15) is 0 Å². The number of nitrogens with one attached hydrogen (secondary N) is 1. The Hall–Kier alpha value is -1.79. The normalized spacial score (nSPS) is 12.4. The zero-order valence-electron chi connectivity index (χ0n) is 15.7. The highest BCUT2D eigenvalue weighted by Gasteiger charge is 2.22. The van der Waals surface area contributed by atoms with Crippen LogP contribution in [-0.2, 0) is 20.0 Å². The van der Waals surface area contributed by atoms with Crippen molar-refractivity contribution in [2.75, 3.05) is 33.5 Å². The van der Waals surface area contributed by atoms with E-state index in [1.165, 1.54) is 70.7 Å². The van der Waals surface area contributed by atoms with Crippen LogP contribution in [0.3, 0.4) is 0 Å². The summed E-state index contributed by atoms with van der Waals surface area (Å²) >= 11 is 3.19. The quantitative estimate of drug-likeness (QED) is 0.669. The van der Waals surface area contributed by atoms with Gasteiger partial charge in [0.25, 0.3) is 5.91 Å². The van der Waals surface area contributed by atoms with Crippen molar-refractivity contribution >= 4 is 47.6 Å². The molecule has 0 aliphatic heterocycles. The number of rotatable bonds is 6. The molecule has 2 aromatic carbocycles. The molecule has 0 unspecified atom stereocenters. The van der Waals surface area contributed by atoms with Crippen LogP contribution >= 0.6 is 15.9 Å². The SMILES string of the molecule is CN(C)S(=O)(=O)c1ccc(NC(=O)c2ccc(Br)c(S(=O)(=O)N(C)C)c2)cc1. The molecule has 0 aromatic heterocycles. The number of anilines is 1. The lowest BCUT2D eigenvalue weighted by Gasteiger charge is -2.14. The highest BCUT2D eigenvalue weighted by atomic mass is 79.9. The largest absolute Gasteiger partial charge is 0.322 e. The molecule has 28 heavy (non-hydrogen) atoms. The molecule has 0 spiro atoms. The first-order chi connectivity index (χ1) is 12.9. The summed E-state index contributed by atoms with van der Waals surface area (Å²) in [4.78, 5) is 12.6. The Morgan fingerprint density at radius 2 is 1.39 bits per heavy atom. The predicted molar refractivity (Wildman–Crippen MR) is 110 cm³/mol. The van der Waals surface area contributed by atoms with Gasteiger partial charge < -0.3 is 5.32 Å². The fourth-order valence-electron chi connectivity index (χ4n) is 2.16. The van der Waals surface area contributed by atoms with Crippen LogP contribution in [0.15, 0.2) is 56.7 Å². The van der Waals surface area contributed by atoms with Crippen molar-refractivity contribution in [1.82, 2.24) is 8.61 Å². The number of amides is 1. The molecular formula is C17H20BrN3O5S2. The van der Waals surface area contributed by atoms with Crippen LogP contribution in [0.25, 0.3) is 0 Å². The van der Waals surface area contributed by atoms with Crippen LogP contribution in [0.4, 0.5) is 5.69 Å². The highest BCUT2D eigenvalue weighted by Crippen LogP contribution is 2.26. The first kappa shape index (κ1) is 22.5. The number of hydrogen-bond acceptors (Lipinski definition) is 5. The van der Waals surface area contributed by atoms with Crippen LogP contribution in [0.1, 0.15) is 10.4 Å². The summed E-state index contributed by atoms with van der Waals surface area (Å²) in [6.07, 6.45) is 0. The fraction of sp³-hybridized carbons (Fsp3) is 0.235. The summed E-state index contributed by atoms with van der Waals surface area (Å²) in [5.41, 5.74) is 0.524. The number of benzene rings is 2. The molecular weight excluding hydrogens is 470 g/mol. The first-order valence-corrected chi connectivity index (χ1v) is 11.6. The number of halogens is 1. The van der Waals surface area contributed by atoms with Crippen LogP contribution in [0, 0.1) is 0 Å². The number of sulfonamides is 2. The molecule has 1 N–H and O–H groups in total. The minimum atomic E-state index is -3.73. The van der Waals surface area contributed by atoms with E-state index in [4.69, 9.17) is 0 Å². The summed E-state index contributed by atoms with van der Waals surface area (Å²) in [7, 11) is -1.64. The van der Waals surface area contributed by atoms with Gasteiger partial charge >= 0.3 is 0 Å². The molecule has 0 bridgehead atoms. The number of nitrogens with zero attached hydrogens (tertiary/aromatic N) is 2. The van der Waals surface area contributed by atoms with Crippen LogP contribution < -0.4 is 5.32 Å². The van der Waals surface area contributed by atoms with Gasteiger partial charge in [0.05, 0.1) is 9.79 Å². The summed E-state index contributed by atoms with van der Waals surface area (Å²) in [5.74, 6) is -0.522. The molecule has 0 atom stereocenters. The minimum absolute atomic E-state index is 0.0300. The van der Waals surface area contributed by atoms with Gasteiger partial charge in [-0.05, 0) is 58.4 Å². The standard InChI is InChI=1S/C17H20BrN3O5S2/c1-20(2)27(23,24)14-8-6-13(7-9-14)19-17(22)12-5-10-15(18)16(11-12)28(25,26)21(3)4/h5-11H,1-4H3,(H,19,22). The van der Waals surface area contributed by atoms with Gasteiger partial charge in [0, 0.05) is 43.9 Å². The summed E-state index contributed by atoms with van der Waals surface area (Å²) in [6, 6.07) is 9.94. The second-order valence-electron chi connectivity index (χ2n) is 6.20. The van der Waals surface area contributed by atoms with Crippen molar-refractivity contribution in [3.8, 4) is 0 Å². The molecule has 2 rings (SSSR count). The smallest absolute Gasteiger partial charge is 0.255 e. The van der Waals surface area contributed by atoms with Crippen molar-refractivity contribution in [1.29, 1.82) is 0 Å². The van der Waals surface area contributed by atoms with E-state index in [0.29, 0.717) is 10.2 Å². The van der Waals surface area contributed by atoms with E-state index >= 15 is 0 Å². The third-order valence-electron chi connectivity index (χ3n) is 3.84. The maximum Gasteiger partial charge on any atom is 0.255 e. The Labute approximate surface area is 173 Å². The Bertz CT molecular complexity index is 1100. The van der Waals surface area contributed by atoms with E-state index in [2.05, 4.69) is 21.2 Å². The van der Waals surface area contributed by atoms with E-state index in [9.17, 15) is 21.6 Å². The molecule has 0 heterocycles. The molecule has 2 aromatic rings. The van der Waals surface area contributed by atoms with Gasteiger partial charge in [-0.15, -0.1) is 0 Å². The van der Waals surface area contributed by atoms with Gasteiger partial charge in [0.15, 0.2) is 0 Å². The van der Waals surface area contributed by atoms with Crippen molar-refractivity contribution in [3.05, 3.63) is 52.5 Å². The minimum Gasteiger partial charge on any atom is -0.322 e. The molecule has 11 heteroatoms. The van der Waals surface area contributed by atoms with Crippen molar-refractivity contribution in [3.63, 3.8) is 0 Å². The van der Waals surface area contributed by atoms with Gasteiger partial charge in [-0.1, -0.05) is 0 Å². The molecule has 0 fully saturated rings. The van der Waals surface area contributed by atoms with Crippen LogP contribution in [0.2, 0.25) is 0 Å². The Kier molecular flexibility index (Phi) is 6.66. The summed E-state index contributed by atoms with van der Waals surface area (Å²) in [5, 5.41) is 2.62. The summed E-state index contributed by atoms with van der Waals surface area (Å²) < 4.78 is 51.4. The van der Waals surface area contributed by atoms with Gasteiger partial charge in [-0.2, -0.15) is 0 Å². The lowest BCUT2D eigenvalue weighted by atomic mass is 10.2. The average Bonchev–Trinajstić information content (AvgIpc) is 2.62. The Balaban J connectivity index is 2.29. The van der Waals surface area contributed by atoms with Crippen LogP contribution in [-0.4, -0.2) is 59.5 Å². The summed E-state index contributed by atoms with van der Waals surface area (Å²) in [6.45, 7) is 0. The van der Waals surface area contributed by atoms with Crippen molar-refractivity contribution in [2.45, 2.75) is 9.79 Å². The van der Waals surface area contributed by atoms with Crippen molar-refractivity contribution < 1.29 is 21.6 Å². The molecule has 0 saturated carbocycles. The monoisotopic (exact) mass is 489 g/mol. The second kappa shape index (κ2) is 8.29. The van der Waals surface area contributed by atoms with E-state index in [1.54, 1.807) is 0 Å². The van der Waals surface area contributed by atoms with Gasteiger partial charge in [-0.25, -0.2) is 25.4 Å². The molecule has 152 valence electrons. The first-order valence-electron chi connectivity index (χ1n) is 7.93. The zero-order valence-corrected chi connectivity index (χ0v) is 18.9. The second-order valence-corrected chi connectivity index (χ2v) is 11.3. The van der Waals surface area contributed by atoms with E-state index < -0.39 is 26.0 Å². The number of hydrogen-bond donors (Lipinski definition) is 1. The maximum atomic E-state index is 12.5. The molecule has 0 radical (unpaired) electrons. The van der Waals surface area contributed by atoms with E-state index in [1.807, 2.05) is 0 Å². The van der Waals surface area contributed by atoms with Crippen LogP contribution in [0.5, 0.6) is 0 Å². The predicted octanol–water partition coefficient (Wildman–Crippen LogP) is 2.20. The average molecular weight is 490 g/mol. The topological polar surface area (TPSA) is 104 Å². The maximum absolute atomic E-state index is 12.5.